The Morgan fingerprint density at radius 3 is 2.63 bits per heavy atom. The van der Waals surface area contributed by atoms with E-state index in [1.165, 1.54) is 19.1 Å². The zero-order valence-electron chi connectivity index (χ0n) is 10.7. The summed E-state index contributed by atoms with van der Waals surface area (Å²) in [5, 5.41) is 0. The molecule has 0 aliphatic carbocycles. The Kier molecular flexibility index (Phi) is 3.51. The third-order valence-corrected chi connectivity index (χ3v) is 2.79. The van der Waals surface area contributed by atoms with E-state index in [2.05, 4.69) is 0 Å². The molecule has 0 aromatic heterocycles. The van der Waals surface area contributed by atoms with E-state index in [1.54, 1.807) is 31.2 Å². The van der Waals surface area contributed by atoms with Gasteiger partial charge in [0.2, 0.25) is 0 Å². The second-order valence-corrected chi connectivity index (χ2v) is 4.29. The average molecular weight is 259 g/mol. The van der Waals surface area contributed by atoms with Gasteiger partial charge in [-0.25, -0.2) is 4.39 Å². The van der Waals surface area contributed by atoms with Gasteiger partial charge in [0.15, 0.2) is 17.3 Å². The maximum Gasteiger partial charge on any atom is 0.168 e. The zero-order valence-corrected chi connectivity index (χ0v) is 10.7. The number of ketones is 1. The molecule has 0 saturated carbocycles. The van der Waals surface area contributed by atoms with Gasteiger partial charge in [-0.15, -0.1) is 0 Å². The van der Waals surface area contributed by atoms with Crippen LogP contribution in [0.1, 0.15) is 22.8 Å². The van der Waals surface area contributed by atoms with Crippen molar-refractivity contribution in [3.8, 4) is 11.5 Å². The molecule has 2 aromatic carbocycles. The molecule has 4 heteroatoms. The molecule has 0 spiro atoms. The lowest BCUT2D eigenvalue weighted by molar-refractivity contribution is 0.101. The van der Waals surface area contributed by atoms with E-state index in [-0.39, 0.29) is 11.5 Å². The first-order valence-corrected chi connectivity index (χ1v) is 5.82. The molecular weight excluding hydrogens is 245 g/mol. The van der Waals surface area contributed by atoms with E-state index in [0.29, 0.717) is 22.6 Å². The van der Waals surface area contributed by atoms with Crippen LogP contribution in [0.15, 0.2) is 36.4 Å². The zero-order chi connectivity index (χ0) is 14.0. The number of hydrogen-bond donors (Lipinski definition) is 1. The van der Waals surface area contributed by atoms with Gasteiger partial charge >= 0.3 is 0 Å². The van der Waals surface area contributed by atoms with Crippen molar-refractivity contribution in [2.45, 2.75) is 13.8 Å². The van der Waals surface area contributed by atoms with E-state index >= 15 is 0 Å². The van der Waals surface area contributed by atoms with Crippen molar-refractivity contribution < 1.29 is 13.9 Å². The third kappa shape index (κ3) is 2.73. The number of carbonyl (C=O) groups excluding carboxylic acids is 1. The van der Waals surface area contributed by atoms with Crippen molar-refractivity contribution in [2.75, 3.05) is 5.73 Å². The van der Waals surface area contributed by atoms with Gasteiger partial charge in [0.05, 0.1) is 0 Å². The minimum Gasteiger partial charge on any atom is -0.454 e. The number of halogens is 1. The van der Waals surface area contributed by atoms with Gasteiger partial charge in [-0.3, -0.25) is 4.79 Å². The molecule has 0 radical (unpaired) electrons. The molecule has 0 amide bonds. The number of carbonyl (C=O) groups is 1. The van der Waals surface area contributed by atoms with E-state index in [4.69, 9.17) is 10.5 Å². The lowest BCUT2D eigenvalue weighted by Gasteiger charge is -2.10. The molecule has 0 aliphatic rings. The summed E-state index contributed by atoms with van der Waals surface area (Å²) in [6, 6.07) is 9.59. The fourth-order valence-electron chi connectivity index (χ4n) is 1.75. The van der Waals surface area contributed by atoms with Crippen molar-refractivity contribution in [2.24, 2.45) is 0 Å². The molecule has 98 valence electrons. The van der Waals surface area contributed by atoms with E-state index < -0.39 is 5.82 Å². The smallest absolute Gasteiger partial charge is 0.168 e. The normalized spacial score (nSPS) is 10.3. The van der Waals surface area contributed by atoms with Gasteiger partial charge in [0.25, 0.3) is 0 Å². The summed E-state index contributed by atoms with van der Waals surface area (Å²) in [4.78, 5) is 11.3. The van der Waals surface area contributed by atoms with Gasteiger partial charge in [-0.1, -0.05) is 12.1 Å². The molecule has 3 nitrogen and oxygen atoms in total. The number of anilines is 1. The Bertz CT molecular complexity index is 638. The Labute approximate surface area is 110 Å². The monoisotopic (exact) mass is 259 g/mol. The van der Waals surface area contributed by atoms with Crippen LogP contribution < -0.4 is 10.5 Å². The van der Waals surface area contributed by atoms with E-state index in [1.807, 2.05) is 0 Å². The van der Waals surface area contributed by atoms with Crippen LogP contribution in [0.3, 0.4) is 0 Å². The molecule has 0 heterocycles. The largest absolute Gasteiger partial charge is 0.454 e. The number of hydrogen-bond acceptors (Lipinski definition) is 3. The quantitative estimate of drug-likeness (QED) is 0.675. The third-order valence-electron chi connectivity index (χ3n) is 2.79. The number of nitrogens with two attached hydrogens (primary N) is 1. The van der Waals surface area contributed by atoms with Gasteiger partial charge in [-0.2, -0.15) is 0 Å². The Morgan fingerprint density at radius 2 is 2.00 bits per heavy atom. The Balaban J connectivity index is 2.32. The molecule has 0 saturated heterocycles. The highest BCUT2D eigenvalue weighted by Gasteiger charge is 2.09. The van der Waals surface area contributed by atoms with Crippen LogP contribution in [-0.2, 0) is 0 Å². The van der Waals surface area contributed by atoms with Crippen molar-refractivity contribution in [1.29, 1.82) is 0 Å². The molecule has 0 aliphatic heterocycles. The van der Waals surface area contributed by atoms with Crippen molar-refractivity contribution >= 4 is 11.5 Å². The Hall–Kier alpha value is -2.36. The first-order valence-electron chi connectivity index (χ1n) is 5.82. The SMILES string of the molecule is CC(=O)c1ccc(Oc2cccc(C)c2F)cc1N. The van der Waals surface area contributed by atoms with Gasteiger partial charge in [0.1, 0.15) is 5.75 Å². The molecule has 0 bridgehead atoms. The predicted octanol–water partition coefficient (Wildman–Crippen LogP) is 3.71. The number of nitrogen functional groups attached to an aromatic ring is 1. The number of aryl methyl sites for hydroxylation is 1. The lowest BCUT2D eigenvalue weighted by Crippen LogP contribution is -2.00. The van der Waals surface area contributed by atoms with Gasteiger partial charge < -0.3 is 10.5 Å². The molecule has 19 heavy (non-hydrogen) atoms. The lowest BCUT2D eigenvalue weighted by atomic mass is 10.1. The van der Waals surface area contributed by atoms with Crippen molar-refractivity contribution in [3.05, 3.63) is 53.3 Å². The number of ether oxygens (including phenoxy) is 1. The highest BCUT2D eigenvalue weighted by atomic mass is 19.1. The summed E-state index contributed by atoms with van der Waals surface area (Å²) in [6.07, 6.45) is 0. The van der Waals surface area contributed by atoms with E-state index in [9.17, 15) is 9.18 Å². The van der Waals surface area contributed by atoms with Gasteiger partial charge in [0, 0.05) is 17.3 Å². The topological polar surface area (TPSA) is 52.3 Å². The molecule has 0 atom stereocenters. The van der Waals surface area contributed by atoms with Crippen molar-refractivity contribution in [3.63, 3.8) is 0 Å². The number of Topliss-reactive ketones (excluding diaryl/α,β-unsaturated/α-hetero) is 1. The van der Waals surface area contributed by atoms with Crippen LogP contribution in [0.25, 0.3) is 0 Å². The highest BCUT2D eigenvalue weighted by molar-refractivity contribution is 5.99. The molecule has 2 N–H and O–H groups in total. The number of benzene rings is 2. The second-order valence-electron chi connectivity index (χ2n) is 4.29. The van der Waals surface area contributed by atoms with Crippen LogP contribution in [0.4, 0.5) is 10.1 Å². The van der Waals surface area contributed by atoms with Crippen LogP contribution in [-0.4, -0.2) is 5.78 Å². The maximum absolute atomic E-state index is 13.8. The highest BCUT2D eigenvalue weighted by Crippen LogP contribution is 2.28. The van der Waals surface area contributed by atoms with Crippen molar-refractivity contribution in [1.82, 2.24) is 0 Å². The molecule has 2 rings (SSSR count). The summed E-state index contributed by atoms with van der Waals surface area (Å²) in [5.74, 6) is 0.00415. The van der Waals surface area contributed by atoms with Crippen LogP contribution in [0.2, 0.25) is 0 Å². The van der Waals surface area contributed by atoms with E-state index in [0.717, 1.165) is 0 Å². The predicted molar refractivity (Wildman–Crippen MR) is 72.1 cm³/mol. The summed E-state index contributed by atoms with van der Waals surface area (Å²) >= 11 is 0. The van der Waals surface area contributed by atoms with Crippen LogP contribution in [0.5, 0.6) is 11.5 Å². The summed E-state index contributed by atoms with van der Waals surface area (Å²) in [6.45, 7) is 3.10. The molecule has 2 aromatic rings. The number of rotatable bonds is 3. The first-order chi connectivity index (χ1) is 8.99. The molecular formula is C15H14FNO2. The van der Waals surface area contributed by atoms with Crippen LogP contribution in [0, 0.1) is 12.7 Å². The summed E-state index contributed by atoms with van der Waals surface area (Å²) < 4.78 is 19.2. The maximum atomic E-state index is 13.8. The fourth-order valence-corrected chi connectivity index (χ4v) is 1.75. The molecule has 0 unspecified atom stereocenters. The summed E-state index contributed by atoms with van der Waals surface area (Å²) in [7, 11) is 0. The standard InChI is InChI=1S/C15H14FNO2/c1-9-4-3-5-14(15(9)16)19-11-6-7-12(10(2)18)13(17)8-11/h3-8H,17H2,1-2H3. The molecule has 0 fully saturated rings. The van der Waals surface area contributed by atoms with Gasteiger partial charge in [-0.05, 0) is 37.6 Å². The fraction of sp³-hybridized carbons (Fsp3) is 0.133. The average Bonchev–Trinajstić information content (AvgIpc) is 2.34. The second kappa shape index (κ2) is 5.10. The minimum atomic E-state index is -0.406. The first kappa shape index (κ1) is 13.1. The summed E-state index contributed by atoms with van der Waals surface area (Å²) in [5.41, 5.74) is 7.00. The minimum absolute atomic E-state index is 0.120. The van der Waals surface area contributed by atoms with Crippen LogP contribution >= 0.6 is 0 Å². The Morgan fingerprint density at radius 1 is 1.26 bits per heavy atom.